The van der Waals surface area contributed by atoms with Crippen LogP contribution in [0.3, 0.4) is 0 Å². The van der Waals surface area contributed by atoms with Crippen molar-refractivity contribution < 1.29 is 32.6 Å². The van der Waals surface area contributed by atoms with Crippen LogP contribution in [0.25, 0.3) is 0 Å². The highest BCUT2D eigenvalue weighted by Gasteiger charge is 2.59. The Kier molecular flexibility index (Phi) is 8.71. The van der Waals surface area contributed by atoms with Gasteiger partial charge >= 0.3 is 6.18 Å². The van der Waals surface area contributed by atoms with Crippen molar-refractivity contribution in [3.05, 3.63) is 0 Å². The molecule has 11 atom stereocenters. The molecule has 0 bridgehead atoms. The highest BCUT2D eigenvalue weighted by molar-refractivity contribution is 8.00. The summed E-state index contributed by atoms with van der Waals surface area (Å²) in [6.07, 6.45) is -4.17. The zero-order valence-corrected chi connectivity index (χ0v) is 23.7. The van der Waals surface area contributed by atoms with E-state index in [1.807, 2.05) is 0 Å². The maximum absolute atomic E-state index is 13.5. The van der Waals surface area contributed by atoms with Gasteiger partial charge in [0, 0.05) is 56.5 Å². The molecule has 4 aliphatic heterocycles. The van der Waals surface area contributed by atoms with Gasteiger partial charge in [0.05, 0.1) is 17.5 Å². The number of fused-ring (bicyclic) bond motifs is 1. The van der Waals surface area contributed by atoms with Gasteiger partial charge in [-0.25, -0.2) is 0 Å². The Labute approximate surface area is 236 Å². The van der Waals surface area contributed by atoms with Crippen molar-refractivity contribution in [1.82, 2.24) is 26.2 Å². The van der Waals surface area contributed by atoms with Crippen LogP contribution in [-0.4, -0.2) is 101 Å². The number of ether oxygens (including phenoxy) is 1. The second-order valence-corrected chi connectivity index (χ2v) is 13.8. The van der Waals surface area contributed by atoms with E-state index in [1.165, 1.54) is 0 Å². The predicted octanol–water partition coefficient (Wildman–Crippen LogP) is 1.20. The molecule has 222 valence electrons. The number of nitrogens with one attached hydrogen (secondary N) is 4. The Morgan fingerprint density at radius 1 is 1.18 bits per heavy atom. The number of carbonyl (C=O) groups is 2. The van der Waals surface area contributed by atoms with E-state index >= 15 is 0 Å². The van der Waals surface area contributed by atoms with E-state index < -0.39 is 30.5 Å². The summed E-state index contributed by atoms with van der Waals surface area (Å²) in [5.74, 6) is -1.14. The molecule has 0 aromatic carbocycles. The number of likely N-dealkylation sites (tertiary alicyclic amines) is 1. The summed E-state index contributed by atoms with van der Waals surface area (Å²) in [7, 11) is 1.70. The first kappa shape index (κ1) is 29.7. The van der Waals surface area contributed by atoms with Crippen molar-refractivity contribution in [3.63, 3.8) is 0 Å². The number of alkyl halides is 4. The molecule has 14 heteroatoms. The molecule has 0 aromatic rings. The van der Waals surface area contributed by atoms with Gasteiger partial charge in [-0.2, -0.15) is 13.2 Å². The number of halogens is 4. The number of nitrogens with zero attached hydrogens (tertiary/aromatic N) is 1. The van der Waals surface area contributed by atoms with Gasteiger partial charge in [-0.1, -0.05) is 0 Å². The fourth-order valence-electron chi connectivity index (χ4n) is 7.20. The Balaban J connectivity index is 1.15. The zero-order chi connectivity index (χ0) is 28.1. The molecule has 0 spiro atoms. The van der Waals surface area contributed by atoms with Gasteiger partial charge in [0.25, 0.3) is 0 Å². The molecule has 0 aromatic heterocycles. The molecule has 9 unspecified atom stereocenters. The fraction of sp³-hybridized carbons (Fsp3) is 0.920. The standard InChI is InChI=1S/C25H39ClF3N5O4S/c1-12-5-14(15-6-20(26)31-9-18(15)38-2)16(8-30-12)21(35)33-23-32-17-10-34(11-19(17)39-23)22(36)13-3-4-24(37,7-13)25(27,28)29/h12-20,23,30-32,37H,3-11H2,1-2H3,(H,33,35)/t12?,13-,14?,15?,16?,17?,18?,19?,20?,23?,24-/m1/s1. The first-order valence-corrected chi connectivity index (χ1v) is 15.2. The van der Waals surface area contributed by atoms with Crippen LogP contribution in [0, 0.1) is 23.7 Å². The summed E-state index contributed by atoms with van der Waals surface area (Å²) < 4.78 is 45.3. The molecular formula is C25H39ClF3N5O4S. The number of aliphatic hydroxyl groups is 1. The van der Waals surface area contributed by atoms with Crippen LogP contribution in [0.15, 0.2) is 0 Å². The average Bonchev–Trinajstić information content (AvgIpc) is 3.57. The van der Waals surface area contributed by atoms with Crippen LogP contribution in [0.2, 0.25) is 0 Å². The minimum atomic E-state index is -4.73. The van der Waals surface area contributed by atoms with Gasteiger partial charge < -0.3 is 25.4 Å². The van der Waals surface area contributed by atoms with Crippen LogP contribution in [0.1, 0.15) is 39.0 Å². The first-order chi connectivity index (χ1) is 18.4. The monoisotopic (exact) mass is 597 g/mol. The summed E-state index contributed by atoms with van der Waals surface area (Å²) in [5.41, 5.74) is -3.24. The van der Waals surface area contributed by atoms with E-state index in [0.717, 1.165) is 12.8 Å². The number of carbonyl (C=O) groups excluding carboxylic acids is 2. The maximum atomic E-state index is 13.5. The predicted molar refractivity (Wildman–Crippen MR) is 141 cm³/mol. The lowest BCUT2D eigenvalue weighted by Crippen LogP contribution is -2.57. The van der Waals surface area contributed by atoms with E-state index in [0.29, 0.717) is 26.2 Å². The third-order valence-electron chi connectivity index (χ3n) is 9.41. The minimum absolute atomic E-state index is 0.0144. The van der Waals surface area contributed by atoms with Gasteiger partial charge in [-0.15, -0.1) is 23.4 Å². The Bertz CT molecular complexity index is 923. The van der Waals surface area contributed by atoms with Gasteiger partial charge in [0.2, 0.25) is 11.8 Å². The number of hydrogen-bond donors (Lipinski definition) is 5. The van der Waals surface area contributed by atoms with E-state index in [2.05, 4.69) is 28.2 Å². The number of amides is 2. The molecular weight excluding hydrogens is 559 g/mol. The van der Waals surface area contributed by atoms with Crippen LogP contribution >= 0.6 is 23.4 Å². The van der Waals surface area contributed by atoms with Gasteiger partial charge in [0.15, 0.2) is 5.60 Å². The second-order valence-electron chi connectivity index (χ2n) is 11.9. The summed E-state index contributed by atoms with van der Waals surface area (Å²) in [4.78, 5) is 28.1. The molecule has 39 heavy (non-hydrogen) atoms. The van der Waals surface area contributed by atoms with Crippen molar-refractivity contribution in [2.45, 2.75) is 85.2 Å². The maximum Gasteiger partial charge on any atom is 0.417 e. The third kappa shape index (κ3) is 6.05. The number of rotatable bonds is 5. The van der Waals surface area contributed by atoms with Crippen LogP contribution in [0.5, 0.6) is 0 Å². The van der Waals surface area contributed by atoms with Crippen LogP contribution < -0.4 is 21.3 Å². The number of methoxy groups -OCH3 is 1. The number of hydrogen-bond acceptors (Lipinski definition) is 8. The lowest BCUT2D eigenvalue weighted by molar-refractivity contribution is -0.258. The molecule has 9 nitrogen and oxygen atoms in total. The SMILES string of the molecule is COC1CNC(Cl)CC1C1CC(C)NCC1C(=O)NC1NC2CN(C(=O)[C@@H]3CC[C@](O)(C(F)(F)F)C3)CC2S1. The molecule has 1 aliphatic carbocycles. The van der Waals surface area contributed by atoms with Crippen molar-refractivity contribution in [2.24, 2.45) is 23.7 Å². The molecule has 4 saturated heterocycles. The van der Waals surface area contributed by atoms with Gasteiger partial charge in [0.1, 0.15) is 5.50 Å². The molecule has 5 N–H and O–H groups in total. The third-order valence-corrected chi connectivity index (χ3v) is 11.1. The summed E-state index contributed by atoms with van der Waals surface area (Å²) in [6, 6.07) is 0.223. The van der Waals surface area contributed by atoms with E-state index in [-0.39, 0.29) is 70.4 Å². The summed E-state index contributed by atoms with van der Waals surface area (Å²) in [5, 5.41) is 23.2. The Morgan fingerprint density at radius 3 is 2.62 bits per heavy atom. The van der Waals surface area contributed by atoms with E-state index in [1.54, 1.807) is 23.8 Å². The smallest absolute Gasteiger partial charge is 0.380 e. The van der Waals surface area contributed by atoms with Crippen LogP contribution in [0.4, 0.5) is 13.2 Å². The van der Waals surface area contributed by atoms with Crippen molar-refractivity contribution in [2.75, 3.05) is 33.3 Å². The highest BCUT2D eigenvalue weighted by Crippen LogP contribution is 2.46. The molecule has 5 aliphatic rings. The largest absolute Gasteiger partial charge is 0.417 e. The van der Waals surface area contributed by atoms with Gasteiger partial charge in [-0.05, 0) is 50.9 Å². The van der Waals surface area contributed by atoms with E-state index in [4.69, 9.17) is 16.3 Å². The quantitative estimate of drug-likeness (QED) is 0.237. The molecule has 5 rings (SSSR count). The Hall–Kier alpha value is -0.830. The molecule has 1 saturated carbocycles. The van der Waals surface area contributed by atoms with Crippen molar-refractivity contribution in [1.29, 1.82) is 0 Å². The molecule has 4 heterocycles. The normalized spacial score (nSPS) is 44.8. The summed E-state index contributed by atoms with van der Waals surface area (Å²) >= 11 is 7.97. The highest BCUT2D eigenvalue weighted by atomic mass is 35.5. The van der Waals surface area contributed by atoms with Crippen LogP contribution in [-0.2, 0) is 14.3 Å². The molecule has 0 radical (unpaired) electrons. The first-order valence-electron chi connectivity index (χ1n) is 13.8. The molecule has 2 amide bonds. The molecule has 5 fully saturated rings. The average molecular weight is 598 g/mol. The zero-order valence-electron chi connectivity index (χ0n) is 22.2. The Morgan fingerprint density at radius 2 is 1.95 bits per heavy atom. The topological polar surface area (TPSA) is 115 Å². The second kappa shape index (κ2) is 11.4. The number of thioether (sulfide) groups is 1. The lowest BCUT2D eigenvalue weighted by atomic mass is 9.70. The minimum Gasteiger partial charge on any atom is -0.380 e. The van der Waals surface area contributed by atoms with E-state index in [9.17, 15) is 27.9 Å². The summed E-state index contributed by atoms with van der Waals surface area (Å²) in [6.45, 7) is 4.12. The van der Waals surface area contributed by atoms with Gasteiger partial charge in [-0.3, -0.25) is 20.2 Å². The lowest BCUT2D eigenvalue weighted by Gasteiger charge is -2.45. The van der Waals surface area contributed by atoms with Crippen molar-refractivity contribution in [3.8, 4) is 0 Å². The number of piperidine rings is 2. The fourth-order valence-corrected chi connectivity index (χ4v) is 8.90. The van der Waals surface area contributed by atoms with Crippen molar-refractivity contribution >= 4 is 35.2 Å².